The summed E-state index contributed by atoms with van der Waals surface area (Å²) < 4.78 is 5.35. The fourth-order valence-corrected chi connectivity index (χ4v) is 2.32. The van der Waals surface area contributed by atoms with Gasteiger partial charge in [-0.15, -0.1) is 12.4 Å². The lowest BCUT2D eigenvalue weighted by Gasteiger charge is -2.31. The van der Waals surface area contributed by atoms with Crippen LogP contribution in [0, 0.1) is 0 Å². The molecule has 3 rings (SSSR count). The molecule has 0 bridgehead atoms. The minimum atomic E-state index is 0. The second kappa shape index (κ2) is 6.72. The fourth-order valence-electron chi connectivity index (χ4n) is 2.32. The van der Waals surface area contributed by atoms with Crippen molar-refractivity contribution in [2.75, 3.05) is 26.3 Å². The first kappa shape index (κ1) is 14.8. The number of nitrogens with one attached hydrogen (secondary N) is 1. The number of halogens is 1. The minimum Gasteiger partial charge on any atom is -0.378 e. The van der Waals surface area contributed by atoms with Gasteiger partial charge < -0.3 is 9.64 Å². The number of hydrogen-bond donors (Lipinski definition) is 1. The van der Waals surface area contributed by atoms with Crippen molar-refractivity contribution < 1.29 is 4.74 Å². The summed E-state index contributed by atoms with van der Waals surface area (Å²) in [5.74, 6) is 0.857. The lowest BCUT2D eigenvalue weighted by molar-refractivity contribution is 0.0663. The summed E-state index contributed by atoms with van der Waals surface area (Å²) in [5, 5.41) is 4.49. The molecule has 0 aliphatic carbocycles. The van der Waals surface area contributed by atoms with Gasteiger partial charge in [0.25, 0.3) is 0 Å². The van der Waals surface area contributed by atoms with Crippen LogP contribution in [0.1, 0.15) is 12.5 Å². The Kier molecular flexibility index (Phi) is 4.98. The van der Waals surface area contributed by atoms with Gasteiger partial charge in [0.05, 0.1) is 25.0 Å². The zero-order chi connectivity index (χ0) is 13.1. The van der Waals surface area contributed by atoms with E-state index in [1.165, 1.54) is 0 Å². The molecule has 2 heterocycles. The van der Waals surface area contributed by atoms with E-state index in [1.807, 2.05) is 18.2 Å². The number of guanidine groups is 1. The van der Waals surface area contributed by atoms with Crippen LogP contribution in [-0.2, 0) is 4.74 Å². The molecule has 2 aliphatic heterocycles. The van der Waals surface area contributed by atoms with E-state index in [1.54, 1.807) is 0 Å². The van der Waals surface area contributed by atoms with Gasteiger partial charge in [-0.3, -0.25) is 0 Å². The van der Waals surface area contributed by atoms with E-state index in [-0.39, 0.29) is 18.4 Å². The summed E-state index contributed by atoms with van der Waals surface area (Å²) in [6.45, 7) is 5.32. The molecule has 0 spiro atoms. The first-order valence-corrected chi connectivity index (χ1v) is 6.64. The van der Waals surface area contributed by atoms with E-state index in [2.05, 4.69) is 34.5 Å². The van der Waals surface area contributed by atoms with Crippen LogP contribution in [0.3, 0.4) is 0 Å². The van der Waals surface area contributed by atoms with Crippen molar-refractivity contribution in [3.05, 3.63) is 35.9 Å². The van der Waals surface area contributed by atoms with Crippen LogP contribution in [0.4, 0.5) is 0 Å². The molecule has 1 unspecified atom stereocenters. The maximum Gasteiger partial charge on any atom is 0.215 e. The maximum absolute atomic E-state index is 5.35. The molecule has 0 amide bonds. The Morgan fingerprint density at radius 3 is 2.55 bits per heavy atom. The lowest BCUT2D eigenvalue weighted by Crippen LogP contribution is -2.48. The standard InChI is InChI=1S/C14H18N4O.ClH/c1-11-13(12-5-3-2-4-6-12)16-17-14(15-11)18-7-9-19-10-8-18;/h2-6,11H,7-10H2,1H3,(H,15,17);1H. The van der Waals surface area contributed by atoms with Gasteiger partial charge >= 0.3 is 0 Å². The number of hydrazone groups is 1. The lowest BCUT2D eigenvalue weighted by atomic mass is 10.0. The quantitative estimate of drug-likeness (QED) is 0.854. The summed E-state index contributed by atoms with van der Waals surface area (Å²) >= 11 is 0. The average Bonchev–Trinajstić information content (AvgIpc) is 2.49. The number of morpholine rings is 1. The molecule has 0 aromatic heterocycles. The predicted molar refractivity (Wildman–Crippen MR) is 82.7 cm³/mol. The third kappa shape index (κ3) is 3.11. The molecule has 20 heavy (non-hydrogen) atoms. The third-order valence-electron chi connectivity index (χ3n) is 3.37. The Balaban J connectivity index is 0.00000147. The smallest absolute Gasteiger partial charge is 0.215 e. The molecule has 2 aliphatic rings. The minimum absolute atomic E-state index is 0. The van der Waals surface area contributed by atoms with E-state index < -0.39 is 0 Å². The van der Waals surface area contributed by atoms with Crippen molar-refractivity contribution in [2.24, 2.45) is 10.1 Å². The molecule has 1 N–H and O–H groups in total. The molecule has 5 nitrogen and oxygen atoms in total. The highest BCUT2D eigenvalue weighted by Crippen LogP contribution is 2.11. The summed E-state index contributed by atoms with van der Waals surface area (Å²) in [6, 6.07) is 10.2. The highest BCUT2D eigenvalue weighted by atomic mass is 35.5. The second-order valence-electron chi connectivity index (χ2n) is 4.70. The predicted octanol–water partition coefficient (Wildman–Crippen LogP) is 1.49. The maximum atomic E-state index is 5.35. The van der Waals surface area contributed by atoms with E-state index in [0.717, 1.165) is 43.5 Å². The largest absolute Gasteiger partial charge is 0.378 e. The Morgan fingerprint density at radius 2 is 1.90 bits per heavy atom. The number of nitrogens with zero attached hydrogens (tertiary/aromatic N) is 3. The number of benzene rings is 1. The Hall–Kier alpha value is -1.59. The van der Waals surface area contributed by atoms with Crippen molar-refractivity contribution in [2.45, 2.75) is 13.0 Å². The van der Waals surface area contributed by atoms with E-state index in [4.69, 9.17) is 9.73 Å². The van der Waals surface area contributed by atoms with E-state index in [9.17, 15) is 0 Å². The number of hydrogen-bond acceptors (Lipinski definition) is 5. The van der Waals surface area contributed by atoms with Crippen molar-refractivity contribution in [1.82, 2.24) is 10.3 Å². The molecular weight excluding hydrogens is 276 g/mol. The van der Waals surface area contributed by atoms with Crippen LogP contribution >= 0.6 is 12.4 Å². The van der Waals surface area contributed by atoms with Crippen molar-refractivity contribution in [1.29, 1.82) is 0 Å². The van der Waals surface area contributed by atoms with E-state index >= 15 is 0 Å². The average molecular weight is 295 g/mol. The number of aliphatic imine (C=N–C) groups is 1. The molecule has 1 aromatic carbocycles. The summed E-state index contributed by atoms with van der Waals surface area (Å²) in [7, 11) is 0. The first-order valence-electron chi connectivity index (χ1n) is 6.64. The third-order valence-corrected chi connectivity index (χ3v) is 3.37. The van der Waals surface area contributed by atoms with Crippen LogP contribution in [0.25, 0.3) is 0 Å². The van der Waals surface area contributed by atoms with Gasteiger partial charge in [0.1, 0.15) is 0 Å². The van der Waals surface area contributed by atoms with Gasteiger partial charge in [0.15, 0.2) is 0 Å². The Morgan fingerprint density at radius 1 is 1.20 bits per heavy atom. The van der Waals surface area contributed by atoms with Gasteiger partial charge in [0.2, 0.25) is 5.96 Å². The second-order valence-corrected chi connectivity index (χ2v) is 4.70. The fraction of sp³-hybridized carbons (Fsp3) is 0.429. The normalized spacial score (nSPS) is 22.2. The van der Waals surface area contributed by atoms with Crippen molar-refractivity contribution in [3.8, 4) is 0 Å². The van der Waals surface area contributed by atoms with Crippen LogP contribution in [0.5, 0.6) is 0 Å². The van der Waals surface area contributed by atoms with Crippen LogP contribution in [0.15, 0.2) is 40.4 Å². The zero-order valence-corrected chi connectivity index (χ0v) is 12.3. The molecule has 1 saturated heterocycles. The number of ether oxygens (including phenoxy) is 1. The molecule has 108 valence electrons. The summed E-state index contributed by atoms with van der Waals surface area (Å²) in [5.41, 5.74) is 5.18. The van der Waals surface area contributed by atoms with Gasteiger partial charge in [-0.25, -0.2) is 10.4 Å². The van der Waals surface area contributed by atoms with Gasteiger partial charge in [0, 0.05) is 13.1 Å². The zero-order valence-electron chi connectivity index (χ0n) is 11.5. The Labute approximate surface area is 125 Å². The first-order chi connectivity index (χ1) is 9.34. The molecule has 0 radical (unpaired) electrons. The molecule has 1 fully saturated rings. The molecule has 0 saturated carbocycles. The van der Waals surface area contributed by atoms with Gasteiger partial charge in [-0.05, 0) is 12.5 Å². The summed E-state index contributed by atoms with van der Waals surface area (Å²) in [6.07, 6.45) is 0. The van der Waals surface area contributed by atoms with Crippen LogP contribution in [-0.4, -0.2) is 48.9 Å². The van der Waals surface area contributed by atoms with Crippen LogP contribution in [0.2, 0.25) is 0 Å². The summed E-state index contributed by atoms with van der Waals surface area (Å²) in [4.78, 5) is 6.89. The highest BCUT2D eigenvalue weighted by molar-refractivity contribution is 6.07. The van der Waals surface area contributed by atoms with Crippen LogP contribution < -0.4 is 5.43 Å². The van der Waals surface area contributed by atoms with Gasteiger partial charge in [-0.2, -0.15) is 5.10 Å². The molecule has 1 aromatic rings. The van der Waals surface area contributed by atoms with Gasteiger partial charge in [-0.1, -0.05) is 30.3 Å². The SMILES string of the molecule is CC1N=C(N2CCOCC2)NN=C1c1ccccc1.Cl. The topological polar surface area (TPSA) is 49.2 Å². The molecule has 1 atom stereocenters. The van der Waals surface area contributed by atoms with E-state index in [0.29, 0.717) is 0 Å². The molecular formula is C14H19ClN4O. The molecule has 6 heteroatoms. The number of rotatable bonds is 1. The van der Waals surface area contributed by atoms with Crippen molar-refractivity contribution >= 4 is 24.1 Å². The van der Waals surface area contributed by atoms with Crippen molar-refractivity contribution in [3.63, 3.8) is 0 Å². The Bertz CT molecular complexity index is 497. The monoisotopic (exact) mass is 294 g/mol. The highest BCUT2D eigenvalue weighted by Gasteiger charge is 2.22.